The smallest absolute Gasteiger partial charge is 0.234 e. The van der Waals surface area contributed by atoms with Crippen LogP contribution in [0.1, 0.15) is 0 Å². The highest BCUT2D eigenvalue weighted by Crippen LogP contribution is 2.52. The van der Waals surface area contributed by atoms with E-state index in [1.165, 1.54) is 4.90 Å². The number of anilines is 1. The minimum atomic E-state index is -1.24. The first-order valence-electron chi connectivity index (χ1n) is 6.67. The Morgan fingerprint density at radius 3 is 2.90 bits per heavy atom. The number of amides is 1. The second kappa shape index (κ2) is 4.08. The minimum Gasteiger partial charge on any atom is -0.550 e. The summed E-state index contributed by atoms with van der Waals surface area (Å²) in [6.45, 7) is 0.275. The van der Waals surface area contributed by atoms with Crippen LogP contribution in [0.25, 0.3) is 0 Å². The van der Waals surface area contributed by atoms with Gasteiger partial charge in [-0.15, -0.1) is 0 Å². The number of para-hydroxylation sites is 1. The van der Waals surface area contributed by atoms with Crippen LogP contribution in [0.4, 0.5) is 5.69 Å². The number of halogens is 1. The van der Waals surface area contributed by atoms with E-state index in [2.05, 4.69) is 0 Å². The van der Waals surface area contributed by atoms with E-state index in [9.17, 15) is 14.7 Å². The molecule has 4 atom stereocenters. The predicted molar refractivity (Wildman–Crippen MR) is 72.5 cm³/mol. The highest BCUT2D eigenvalue weighted by atomic mass is 35.5. The summed E-state index contributed by atoms with van der Waals surface area (Å²) in [6.07, 6.45) is 2.94. The second-order valence-electron chi connectivity index (χ2n) is 5.59. The first-order chi connectivity index (χ1) is 10.0. The number of rotatable bonds is 2. The maximum absolute atomic E-state index is 12.7. The lowest BCUT2D eigenvalue weighted by atomic mass is 9.77. The summed E-state index contributed by atoms with van der Waals surface area (Å²) in [5.41, 5.74) is -0.295. The van der Waals surface area contributed by atoms with Crippen molar-refractivity contribution in [2.24, 2.45) is 11.8 Å². The molecule has 1 spiro atoms. The van der Waals surface area contributed by atoms with Crippen LogP contribution in [0.2, 0.25) is 5.02 Å². The Morgan fingerprint density at radius 1 is 1.43 bits per heavy atom. The molecule has 0 saturated carbocycles. The van der Waals surface area contributed by atoms with Crippen LogP contribution in [-0.4, -0.2) is 30.1 Å². The number of ether oxygens (including phenoxy) is 1. The Labute approximate surface area is 125 Å². The number of carboxylic acid groups (broad SMARTS) is 1. The number of hydrogen-bond donors (Lipinski definition) is 0. The first-order valence-corrected chi connectivity index (χ1v) is 7.05. The number of nitrogens with zero attached hydrogens (tertiary/aromatic N) is 1. The molecule has 3 aliphatic rings. The van der Waals surface area contributed by atoms with Gasteiger partial charge in [0.1, 0.15) is 5.60 Å². The van der Waals surface area contributed by atoms with Gasteiger partial charge in [-0.05, 0) is 12.1 Å². The van der Waals surface area contributed by atoms with Gasteiger partial charge in [-0.3, -0.25) is 4.79 Å². The number of aliphatic carboxylic acids is 1. The van der Waals surface area contributed by atoms with E-state index in [0.29, 0.717) is 10.7 Å². The molecular formula is C15H11ClNO4-. The highest BCUT2D eigenvalue weighted by molar-refractivity contribution is 6.34. The van der Waals surface area contributed by atoms with Crippen molar-refractivity contribution in [3.8, 4) is 0 Å². The quantitative estimate of drug-likeness (QED) is 0.741. The summed E-state index contributed by atoms with van der Waals surface area (Å²) in [6, 6.07) is 6.99. The molecule has 2 saturated heterocycles. The Kier molecular flexibility index (Phi) is 2.50. The number of benzene rings is 1. The molecule has 6 heteroatoms. The number of carboxylic acids is 1. The van der Waals surface area contributed by atoms with Crippen molar-refractivity contribution >= 4 is 29.2 Å². The average Bonchev–Trinajstić information content (AvgIpc) is 3.08. The zero-order chi connectivity index (χ0) is 14.8. The Hall–Kier alpha value is -1.85. The molecule has 2 bridgehead atoms. The van der Waals surface area contributed by atoms with Crippen molar-refractivity contribution in [2.45, 2.75) is 11.7 Å². The standard InChI is InChI=1S/C15H12ClNO4/c16-8-3-1-2-4-9(8)17-7-15-6-5-10(21-15)11(14(19)20)12(15)13(17)18/h1-6,10-12H,7H2,(H,19,20)/p-1/t10-,11-,12+,15-/m0/s1. The lowest BCUT2D eigenvalue weighted by molar-refractivity contribution is -0.313. The number of carbonyl (C=O) groups is 2. The molecule has 0 N–H and O–H groups in total. The lowest BCUT2D eigenvalue weighted by Gasteiger charge is -2.24. The van der Waals surface area contributed by atoms with Gasteiger partial charge in [0.15, 0.2) is 0 Å². The van der Waals surface area contributed by atoms with Gasteiger partial charge in [-0.25, -0.2) is 0 Å². The number of carbonyl (C=O) groups excluding carboxylic acids is 2. The topological polar surface area (TPSA) is 69.7 Å². The van der Waals surface area contributed by atoms with Crippen LogP contribution in [0.15, 0.2) is 36.4 Å². The van der Waals surface area contributed by atoms with Crippen molar-refractivity contribution < 1.29 is 19.4 Å². The van der Waals surface area contributed by atoms with Gasteiger partial charge in [0, 0.05) is 11.9 Å². The van der Waals surface area contributed by atoms with E-state index in [0.717, 1.165) is 0 Å². The maximum Gasteiger partial charge on any atom is 0.234 e. The van der Waals surface area contributed by atoms with Crippen LogP contribution in [0, 0.1) is 11.8 Å². The van der Waals surface area contributed by atoms with E-state index in [4.69, 9.17) is 16.3 Å². The van der Waals surface area contributed by atoms with E-state index >= 15 is 0 Å². The van der Waals surface area contributed by atoms with E-state index in [1.807, 2.05) is 0 Å². The first kappa shape index (κ1) is 12.9. The SMILES string of the molecule is O=C([O-])[C@H]1[C@@H]2C=C[C@@]3(CN(c4ccccc4Cl)C(=O)[C@@H]13)O2. The summed E-state index contributed by atoms with van der Waals surface area (Å²) in [5.74, 6) is -3.20. The van der Waals surface area contributed by atoms with Crippen molar-refractivity contribution in [3.05, 3.63) is 41.4 Å². The number of hydrogen-bond acceptors (Lipinski definition) is 4. The maximum atomic E-state index is 12.7. The normalized spacial score (nSPS) is 36.3. The fourth-order valence-electron chi connectivity index (χ4n) is 3.64. The van der Waals surface area contributed by atoms with Crippen LogP contribution in [-0.2, 0) is 14.3 Å². The highest BCUT2D eigenvalue weighted by Gasteiger charge is 2.65. The number of fused-ring (bicyclic) bond motifs is 1. The monoisotopic (exact) mass is 304 g/mol. The fourth-order valence-corrected chi connectivity index (χ4v) is 3.88. The fraction of sp³-hybridized carbons (Fsp3) is 0.333. The summed E-state index contributed by atoms with van der Waals surface area (Å²) in [5, 5.41) is 11.8. The van der Waals surface area contributed by atoms with Crippen LogP contribution >= 0.6 is 11.6 Å². The molecule has 1 aromatic rings. The zero-order valence-corrected chi connectivity index (χ0v) is 11.6. The van der Waals surface area contributed by atoms with Crippen LogP contribution in [0.3, 0.4) is 0 Å². The summed E-state index contributed by atoms with van der Waals surface area (Å²) >= 11 is 6.14. The van der Waals surface area contributed by atoms with E-state index < -0.39 is 29.5 Å². The van der Waals surface area contributed by atoms with Gasteiger partial charge in [-0.2, -0.15) is 0 Å². The van der Waals surface area contributed by atoms with E-state index in [1.54, 1.807) is 36.4 Å². The molecule has 4 rings (SSSR count). The van der Waals surface area contributed by atoms with Crippen molar-refractivity contribution in [3.63, 3.8) is 0 Å². The molecule has 0 aliphatic carbocycles. The van der Waals surface area contributed by atoms with Crippen LogP contribution < -0.4 is 10.0 Å². The average molecular weight is 305 g/mol. The van der Waals surface area contributed by atoms with Crippen LogP contribution in [0.5, 0.6) is 0 Å². The van der Waals surface area contributed by atoms with Gasteiger partial charge < -0.3 is 19.5 Å². The molecule has 3 aliphatic heterocycles. The molecule has 2 fully saturated rings. The predicted octanol–water partition coefficient (Wildman–Crippen LogP) is 0.376. The lowest BCUT2D eigenvalue weighted by Crippen LogP contribution is -2.45. The van der Waals surface area contributed by atoms with Crippen molar-refractivity contribution in [1.82, 2.24) is 0 Å². The Balaban J connectivity index is 1.78. The molecule has 5 nitrogen and oxygen atoms in total. The second-order valence-corrected chi connectivity index (χ2v) is 6.00. The van der Waals surface area contributed by atoms with Crippen molar-refractivity contribution in [2.75, 3.05) is 11.4 Å². The third kappa shape index (κ3) is 1.56. The van der Waals surface area contributed by atoms with Gasteiger partial charge in [-0.1, -0.05) is 35.9 Å². The molecule has 3 heterocycles. The molecule has 0 radical (unpaired) electrons. The minimum absolute atomic E-state index is 0.274. The molecule has 21 heavy (non-hydrogen) atoms. The Bertz CT molecular complexity index is 688. The Morgan fingerprint density at radius 2 is 2.19 bits per heavy atom. The van der Waals surface area contributed by atoms with Gasteiger partial charge >= 0.3 is 0 Å². The van der Waals surface area contributed by atoms with Gasteiger partial charge in [0.05, 0.1) is 29.3 Å². The zero-order valence-electron chi connectivity index (χ0n) is 10.9. The molecular weight excluding hydrogens is 294 g/mol. The van der Waals surface area contributed by atoms with Gasteiger partial charge in [0.2, 0.25) is 5.91 Å². The van der Waals surface area contributed by atoms with Crippen molar-refractivity contribution in [1.29, 1.82) is 0 Å². The summed E-state index contributed by atoms with van der Waals surface area (Å²) < 4.78 is 5.78. The third-order valence-corrected chi connectivity index (χ3v) is 4.84. The summed E-state index contributed by atoms with van der Waals surface area (Å²) in [4.78, 5) is 25.6. The molecule has 0 unspecified atom stereocenters. The summed E-state index contributed by atoms with van der Waals surface area (Å²) in [7, 11) is 0. The van der Waals surface area contributed by atoms with Gasteiger partial charge in [0.25, 0.3) is 0 Å². The molecule has 108 valence electrons. The molecule has 1 amide bonds. The largest absolute Gasteiger partial charge is 0.550 e. The van der Waals surface area contributed by atoms with E-state index in [-0.39, 0.29) is 12.5 Å². The molecule has 0 aromatic heterocycles. The molecule has 1 aromatic carbocycles. The third-order valence-electron chi connectivity index (χ3n) is 4.52.